The third-order valence-corrected chi connectivity index (χ3v) is 9.07. The Morgan fingerprint density at radius 3 is 2.23 bits per heavy atom. The molecule has 0 aliphatic heterocycles. The number of aliphatic carboxylic acids is 1. The van der Waals surface area contributed by atoms with Crippen LogP contribution in [0.25, 0.3) is 0 Å². The average molecular weight is 623 g/mol. The Kier molecular flexibility index (Phi) is 8.94. The molecule has 44 heavy (non-hydrogen) atoms. The van der Waals surface area contributed by atoms with Crippen molar-refractivity contribution in [3.63, 3.8) is 0 Å². The molecule has 3 aliphatic carbocycles. The smallest absolute Gasteiger partial charge is 0.416 e. The highest BCUT2D eigenvalue weighted by atomic mass is 19.4. The number of carboxylic acid groups (broad SMARTS) is 1. The predicted octanol–water partition coefficient (Wildman–Crippen LogP) is 5.67. The first-order valence-electron chi connectivity index (χ1n) is 14.5. The number of anilines is 1. The Morgan fingerprint density at radius 2 is 1.59 bits per heavy atom. The Balaban J connectivity index is 1.33. The number of benzene rings is 2. The second-order valence-corrected chi connectivity index (χ2v) is 11.7. The second-order valence-electron chi connectivity index (χ2n) is 11.7. The van der Waals surface area contributed by atoms with E-state index in [9.17, 15) is 37.1 Å². The van der Waals surface area contributed by atoms with Crippen LogP contribution in [-0.2, 0) is 15.8 Å². The van der Waals surface area contributed by atoms with E-state index in [2.05, 4.69) is 10.6 Å². The van der Waals surface area contributed by atoms with E-state index in [1.165, 1.54) is 26.4 Å². The highest BCUT2D eigenvalue weighted by Crippen LogP contribution is 2.49. The van der Waals surface area contributed by atoms with E-state index in [1.54, 1.807) is 0 Å². The molecule has 0 saturated heterocycles. The van der Waals surface area contributed by atoms with Gasteiger partial charge < -0.3 is 30.0 Å². The first-order chi connectivity index (χ1) is 20.9. The summed E-state index contributed by atoms with van der Waals surface area (Å²) in [6.45, 7) is 0. The Hall–Kier alpha value is -4.03. The molecule has 3 N–H and O–H groups in total. The van der Waals surface area contributed by atoms with Crippen molar-refractivity contribution in [1.29, 1.82) is 0 Å². The lowest BCUT2D eigenvalue weighted by Gasteiger charge is -2.31. The molecule has 3 fully saturated rings. The summed E-state index contributed by atoms with van der Waals surface area (Å²) in [6, 6.07) is 4.64. The molecule has 0 radical (unpaired) electrons. The number of halogens is 4. The maximum absolute atomic E-state index is 14.9. The highest BCUT2D eigenvalue weighted by molar-refractivity contribution is 5.99. The fourth-order valence-corrected chi connectivity index (χ4v) is 6.86. The van der Waals surface area contributed by atoms with Gasteiger partial charge in [-0.1, -0.05) is 0 Å². The van der Waals surface area contributed by atoms with Crippen molar-refractivity contribution in [2.75, 3.05) is 19.5 Å². The monoisotopic (exact) mass is 622 g/mol. The van der Waals surface area contributed by atoms with E-state index in [4.69, 9.17) is 14.2 Å². The van der Waals surface area contributed by atoms with Crippen LogP contribution in [0, 0.1) is 29.5 Å². The zero-order valence-electron chi connectivity index (χ0n) is 24.2. The molecule has 2 aromatic rings. The quantitative estimate of drug-likeness (QED) is 0.308. The van der Waals surface area contributed by atoms with Crippen LogP contribution in [0.15, 0.2) is 30.3 Å². The molecule has 2 amide bonds. The van der Waals surface area contributed by atoms with Crippen molar-refractivity contribution in [3.05, 3.63) is 47.3 Å². The number of ether oxygens (including phenoxy) is 3. The molecule has 0 unspecified atom stereocenters. The molecule has 0 heterocycles. The second kappa shape index (κ2) is 12.5. The average Bonchev–Trinajstić information content (AvgIpc) is 3.59. The summed E-state index contributed by atoms with van der Waals surface area (Å²) in [7, 11) is 2.52. The lowest BCUT2D eigenvalue weighted by atomic mass is 9.83. The van der Waals surface area contributed by atoms with Gasteiger partial charge in [0.25, 0.3) is 5.91 Å². The first kappa shape index (κ1) is 31.4. The van der Waals surface area contributed by atoms with Crippen LogP contribution in [0.1, 0.15) is 60.9 Å². The molecule has 13 heteroatoms. The molecule has 238 valence electrons. The van der Waals surface area contributed by atoms with Gasteiger partial charge >= 0.3 is 12.1 Å². The zero-order valence-corrected chi connectivity index (χ0v) is 24.2. The van der Waals surface area contributed by atoms with Gasteiger partial charge in [0, 0.05) is 23.9 Å². The van der Waals surface area contributed by atoms with E-state index in [-0.39, 0.29) is 40.3 Å². The number of alkyl halides is 3. The molecule has 9 nitrogen and oxygen atoms in total. The topological polar surface area (TPSA) is 123 Å². The van der Waals surface area contributed by atoms with Crippen molar-refractivity contribution >= 4 is 23.5 Å². The first-order valence-corrected chi connectivity index (χ1v) is 14.5. The van der Waals surface area contributed by atoms with Crippen LogP contribution in [0.3, 0.4) is 0 Å². The molecule has 0 spiro atoms. The molecule has 2 bridgehead atoms. The van der Waals surface area contributed by atoms with Crippen LogP contribution in [-0.4, -0.2) is 49.3 Å². The minimum Gasteiger partial charge on any atom is -0.497 e. The van der Waals surface area contributed by atoms with E-state index >= 15 is 0 Å². The summed E-state index contributed by atoms with van der Waals surface area (Å²) in [4.78, 5) is 38.3. The van der Waals surface area contributed by atoms with Crippen LogP contribution < -0.4 is 24.8 Å². The lowest BCUT2D eigenvalue weighted by Crippen LogP contribution is -2.48. The van der Waals surface area contributed by atoms with Gasteiger partial charge in [-0.25, -0.2) is 4.39 Å². The largest absolute Gasteiger partial charge is 0.497 e. The normalized spacial score (nSPS) is 26.1. The maximum atomic E-state index is 14.9. The molecule has 5 rings (SSSR count). The van der Waals surface area contributed by atoms with Gasteiger partial charge in [-0.3, -0.25) is 14.4 Å². The standard InChI is InChI=1S/C31H34F4N2O7/c1-42-21-11-18(31(33,34)35)10-19(12-21)36-29(39)26-16-3-4-17(9-16)27(26)37-28(38)22-13-25(23(32)14-24(22)43-2)44-20-7-5-15(6-8-20)30(40)41/h10-17,20,26-27H,3-9H2,1-2H3,(H,36,39)(H,37,38)(H,40,41)/t15?,16-,17+,20?,26+,27-/m1/s1. The summed E-state index contributed by atoms with van der Waals surface area (Å²) in [5.74, 6) is -4.30. The molecular weight excluding hydrogens is 588 g/mol. The molecule has 3 aliphatic rings. The van der Waals surface area contributed by atoms with E-state index in [1.807, 2.05) is 0 Å². The van der Waals surface area contributed by atoms with Crippen LogP contribution in [0.4, 0.5) is 23.2 Å². The van der Waals surface area contributed by atoms with Gasteiger partial charge in [0.1, 0.15) is 11.5 Å². The molecule has 0 aromatic heterocycles. The number of fused-ring (bicyclic) bond motifs is 2. The summed E-state index contributed by atoms with van der Waals surface area (Å²) < 4.78 is 71.3. The van der Waals surface area contributed by atoms with Crippen LogP contribution >= 0.6 is 0 Å². The molecule has 4 atom stereocenters. The van der Waals surface area contributed by atoms with Gasteiger partial charge in [0.05, 0.1) is 43.3 Å². The van der Waals surface area contributed by atoms with E-state index in [0.717, 1.165) is 31.0 Å². The van der Waals surface area contributed by atoms with Gasteiger partial charge in [-0.15, -0.1) is 0 Å². The number of hydrogen-bond acceptors (Lipinski definition) is 6. The Morgan fingerprint density at radius 1 is 0.886 bits per heavy atom. The number of carbonyl (C=O) groups is 3. The summed E-state index contributed by atoms with van der Waals surface area (Å²) in [5, 5.41) is 14.7. The number of carboxylic acids is 1. The fourth-order valence-electron chi connectivity index (χ4n) is 6.86. The van der Waals surface area contributed by atoms with Crippen molar-refractivity contribution in [1.82, 2.24) is 5.32 Å². The predicted molar refractivity (Wildman–Crippen MR) is 149 cm³/mol. The molecular formula is C31H34F4N2O7. The minimum absolute atomic E-state index is 0.00679. The van der Waals surface area contributed by atoms with Crippen molar-refractivity contribution < 1.29 is 51.3 Å². The third-order valence-electron chi connectivity index (χ3n) is 9.07. The Bertz CT molecular complexity index is 1420. The highest BCUT2D eigenvalue weighted by Gasteiger charge is 2.51. The van der Waals surface area contributed by atoms with Gasteiger partial charge in [-0.05, 0) is 75.0 Å². The van der Waals surface area contributed by atoms with Crippen molar-refractivity contribution in [3.8, 4) is 17.2 Å². The number of amides is 2. The van der Waals surface area contributed by atoms with Gasteiger partial charge in [0.15, 0.2) is 11.6 Å². The van der Waals surface area contributed by atoms with Gasteiger partial charge in [0.2, 0.25) is 5.91 Å². The number of carbonyl (C=O) groups excluding carboxylic acids is 2. The van der Waals surface area contributed by atoms with Crippen molar-refractivity contribution in [2.24, 2.45) is 23.7 Å². The fraction of sp³-hybridized carbons (Fsp3) is 0.516. The minimum atomic E-state index is -4.65. The van der Waals surface area contributed by atoms with Crippen LogP contribution in [0.2, 0.25) is 0 Å². The van der Waals surface area contributed by atoms with Crippen molar-refractivity contribution in [2.45, 2.75) is 63.3 Å². The molecule has 2 aromatic carbocycles. The lowest BCUT2D eigenvalue weighted by molar-refractivity contribution is -0.143. The number of nitrogens with one attached hydrogen (secondary N) is 2. The summed E-state index contributed by atoms with van der Waals surface area (Å²) in [6.07, 6.45) is -1.26. The SMILES string of the molecule is COc1cc(NC(=O)[C@H]2[C@@H]3CC[C@@H](C3)[C@H]2NC(=O)c2cc(OC3CCC(C(=O)O)CC3)c(F)cc2OC)cc(C(F)(F)F)c1. The van der Waals surface area contributed by atoms with Gasteiger partial charge in [-0.2, -0.15) is 13.2 Å². The summed E-state index contributed by atoms with van der Waals surface area (Å²) >= 11 is 0. The van der Waals surface area contributed by atoms with Crippen LogP contribution in [0.5, 0.6) is 17.2 Å². The zero-order chi connectivity index (χ0) is 31.8. The van der Waals surface area contributed by atoms with E-state index in [0.29, 0.717) is 32.1 Å². The third kappa shape index (κ3) is 6.56. The summed E-state index contributed by atoms with van der Waals surface area (Å²) in [5.41, 5.74) is -1.05. The van der Waals surface area contributed by atoms with E-state index < -0.39 is 59.3 Å². The Labute approximate surface area is 251 Å². The maximum Gasteiger partial charge on any atom is 0.416 e. The molecule has 3 saturated carbocycles. The number of hydrogen-bond donors (Lipinski definition) is 3. The number of rotatable bonds is 9. The number of methoxy groups -OCH3 is 2.